The molecule has 1 atom stereocenters. The van der Waals surface area contributed by atoms with Crippen LogP contribution in [-0.2, 0) is 17.1 Å². The fourth-order valence-corrected chi connectivity index (χ4v) is 4.27. The summed E-state index contributed by atoms with van der Waals surface area (Å²) in [6.45, 7) is 3.65. The first kappa shape index (κ1) is 21.7. The van der Waals surface area contributed by atoms with Crippen LogP contribution in [0.2, 0.25) is 0 Å². The predicted octanol–water partition coefficient (Wildman–Crippen LogP) is 3.72. The molecule has 166 valence electrons. The van der Waals surface area contributed by atoms with Crippen LogP contribution in [0.25, 0.3) is 22.3 Å². The second-order valence-corrected chi connectivity index (χ2v) is 9.27. The van der Waals surface area contributed by atoms with Crippen LogP contribution in [0.15, 0.2) is 55.0 Å². The highest BCUT2D eigenvalue weighted by atomic mass is 32.2. The first-order chi connectivity index (χ1) is 15.3. The van der Waals surface area contributed by atoms with Gasteiger partial charge in [-0.1, -0.05) is 25.1 Å². The normalized spacial score (nSPS) is 12.6. The Kier molecular flexibility index (Phi) is 6.04. The molecule has 0 bridgehead atoms. The maximum Gasteiger partial charge on any atom is 0.259 e. The number of ether oxygens (including phenoxy) is 1. The molecule has 0 saturated heterocycles. The summed E-state index contributed by atoms with van der Waals surface area (Å²) in [5.74, 6) is 0.173. The summed E-state index contributed by atoms with van der Waals surface area (Å²) in [6.07, 6.45) is 5.42. The average Bonchev–Trinajstić information content (AvgIpc) is 3.20. The fourth-order valence-electron chi connectivity index (χ4n) is 3.21. The number of para-hydroxylation sites is 2. The Morgan fingerprint density at radius 1 is 1.09 bits per heavy atom. The fraction of sp³-hybridized carbons (Fsp3) is 0.273. The van der Waals surface area contributed by atoms with Crippen LogP contribution in [0.4, 0.5) is 5.82 Å². The summed E-state index contributed by atoms with van der Waals surface area (Å²) >= 11 is 0. The predicted molar refractivity (Wildman–Crippen MR) is 123 cm³/mol. The molecule has 1 unspecified atom stereocenters. The highest BCUT2D eigenvalue weighted by Crippen LogP contribution is 2.29. The second kappa shape index (κ2) is 8.91. The van der Waals surface area contributed by atoms with E-state index in [-0.39, 0.29) is 17.5 Å². The van der Waals surface area contributed by atoms with E-state index in [1.54, 1.807) is 36.1 Å². The zero-order chi connectivity index (χ0) is 22.7. The van der Waals surface area contributed by atoms with Crippen molar-refractivity contribution in [1.29, 1.82) is 0 Å². The van der Waals surface area contributed by atoms with E-state index >= 15 is 0 Å². The molecule has 9 nitrogen and oxygen atoms in total. The van der Waals surface area contributed by atoms with E-state index in [4.69, 9.17) is 4.74 Å². The average molecular weight is 453 g/mol. The number of sulfonamides is 1. The van der Waals surface area contributed by atoms with Gasteiger partial charge in [0.1, 0.15) is 6.10 Å². The van der Waals surface area contributed by atoms with Crippen molar-refractivity contribution in [2.45, 2.75) is 26.4 Å². The molecule has 4 rings (SSSR count). The highest BCUT2D eigenvalue weighted by molar-refractivity contribution is 7.92. The van der Waals surface area contributed by atoms with E-state index in [1.165, 1.54) is 0 Å². The maximum atomic E-state index is 12.4. The smallest absolute Gasteiger partial charge is 0.259 e. The van der Waals surface area contributed by atoms with Crippen molar-refractivity contribution < 1.29 is 13.2 Å². The number of benzene rings is 1. The molecule has 0 aliphatic heterocycles. The molecule has 0 fully saturated rings. The van der Waals surface area contributed by atoms with Gasteiger partial charge in [-0.2, -0.15) is 5.10 Å². The van der Waals surface area contributed by atoms with Gasteiger partial charge in [0.15, 0.2) is 0 Å². The third-order valence-electron chi connectivity index (χ3n) is 4.81. The topological polar surface area (TPSA) is 112 Å². The van der Waals surface area contributed by atoms with Gasteiger partial charge < -0.3 is 4.74 Å². The van der Waals surface area contributed by atoms with Crippen LogP contribution >= 0.6 is 0 Å². The van der Waals surface area contributed by atoms with E-state index in [0.29, 0.717) is 17.5 Å². The zero-order valence-corrected chi connectivity index (χ0v) is 18.9. The van der Waals surface area contributed by atoms with E-state index in [2.05, 4.69) is 24.8 Å². The third-order valence-corrected chi connectivity index (χ3v) is 6.26. The van der Waals surface area contributed by atoms with Gasteiger partial charge in [0.2, 0.25) is 15.8 Å². The highest BCUT2D eigenvalue weighted by Gasteiger charge is 2.19. The minimum Gasteiger partial charge on any atom is -0.467 e. The van der Waals surface area contributed by atoms with Crippen LogP contribution in [0.5, 0.6) is 5.88 Å². The van der Waals surface area contributed by atoms with Crippen LogP contribution < -0.4 is 9.46 Å². The van der Waals surface area contributed by atoms with Crippen molar-refractivity contribution in [2.75, 3.05) is 10.5 Å². The van der Waals surface area contributed by atoms with E-state index in [1.807, 2.05) is 44.4 Å². The Morgan fingerprint density at radius 2 is 1.84 bits per heavy atom. The minimum absolute atomic E-state index is 0.0176. The van der Waals surface area contributed by atoms with E-state index in [0.717, 1.165) is 16.8 Å². The van der Waals surface area contributed by atoms with Crippen LogP contribution in [0.1, 0.15) is 31.9 Å². The first-order valence-corrected chi connectivity index (χ1v) is 11.9. The van der Waals surface area contributed by atoms with Crippen LogP contribution in [0, 0.1) is 0 Å². The number of pyridine rings is 1. The molecule has 0 spiro atoms. The summed E-state index contributed by atoms with van der Waals surface area (Å²) in [5.41, 5.74) is 3.71. The largest absolute Gasteiger partial charge is 0.467 e. The van der Waals surface area contributed by atoms with Crippen molar-refractivity contribution in [2.24, 2.45) is 7.05 Å². The van der Waals surface area contributed by atoms with Gasteiger partial charge in [-0.15, -0.1) is 0 Å². The Hall–Kier alpha value is -3.53. The number of rotatable bonds is 8. The van der Waals surface area contributed by atoms with Crippen molar-refractivity contribution in [3.05, 3.63) is 60.6 Å². The van der Waals surface area contributed by atoms with Crippen molar-refractivity contribution in [3.63, 3.8) is 0 Å². The molecule has 0 aliphatic rings. The number of hydrogen-bond acceptors (Lipinski definition) is 7. The van der Waals surface area contributed by atoms with Crippen molar-refractivity contribution >= 4 is 26.9 Å². The van der Waals surface area contributed by atoms with Crippen LogP contribution in [-0.4, -0.2) is 38.9 Å². The summed E-state index contributed by atoms with van der Waals surface area (Å²) in [5, 5.41) is 4.16. The standard InChI is InChI=1S/C22H24N6O3S/c1-4-11-32(29,30)27-21-22(26-20-8-6-5-7-19(20)25-21)31-15(2)16-9-10-18(23-12-16)17-13-24-28(3)14-17/h5-10,12-15H,4,11H2,1-3H3,(H,25,27). The lowest BCUT2D eigenvalue weighted by atomic mass is 10.1. The molecule has 0 aliphatic carbocycles. The third kappa shape index (κ3) is 4.86. The molecule has 3 heterocycles. The molecular weight excluding hydrogens is 428 g/mol. The number of aryl methyl sites for hydroxylation is 1. The molecule has 3 aromatic heterocycles. The number of anilines is 1. The number of fused-ring (bicyclic) bond motifs is 1. The Morgan fingerprint density at radius 3 is 2.47 bits per heavy atom. The van der Waals surface area contributed by atoms with Gasteiger partial charge in [0.25, 0.3) is 5.88 Å². The molecule has 0 saturated carbocycles. The van der Waals surface area contributed by atoms with Gasteiger partial charge >= 0.3 is 0 Å². The zero-order valence-electron chi connectivity index (χ0n) is 18.1. The lowest BCUT2D eigenvalue weighted by molar-refractivity contribution is 0.218. The SMILES string of the molecule is CCCS(=O)(=O)Nc1nc2ccccc2nc1OC(C)c1ccc(-c2cnn(C)c2)nc1. The number of nitrogens with one attached hydrogen (secondary N) is 1. The maximum absolute atomic E-state index is 12.4. The van der Waals surface area contributed by atoms with Gasteiger partial charge in [0, 0.05) is 30.6 Å². The molecule has 32 heavy (non-hydrogen) atoms. The number of hydrogen-bond donors (Lipinski definition) is 1. The summed E-state index contributed by atoms with van der Waals surface area (Å²) in [7, 11) is -1.71. The van der Waals surface area contributed by atoms with Gasteiger partial charge in [-0.25, -0.2) is 18.4 Å². The Bertz CT molecular complexity index is 1340. The molecule has 0 radical (unpaired) electrons. The lowest BCUT2D eigenvalue weighted by Crippen LogP contribution is -2.18. The summed E-state index contributed by atoms with van der Waals surface area (Å²) in [4.78, 5) is 13.5. The minimum atomic E-state index is -3.56. The lowest BCUT2D eigenvalue weighted by Gasteiger charge is -2.17. The van der Waals surface area contributed by atoms with E-state index in [9.17, 15) is 8.42 Å². The Labute approximate surface area is 186 Å². The molecule has 10 heteroatoms. The monoisotopic (exact) mass is 452 g/mol. The Balaban J connectivity index is 1.62. The number of nitrogens with zero attached hydrogens (tertiary/aromatic N) is 5. The quantitative estimate of drug-likeness (QED) is 0.434. The van der Waals surface area contributed by atoms with Gasteiger partial charge in [-0.3, -0.25) is 14.4 Å². The van der Waals surface area contributed by atoms with Crippen molar-refractivity contribution in [1.82, 2.24) is 24.7 Å². The van der Waals surface area contributed by atoms with Gasteiger partial charge in [-0.05, 0) is 31.5 Å². The molecule has 0 amide bonds. The van der Waals surface area contributed by atoms with Gasteiger partial charge in [0.05, 0.1) is 28.7 Å². The molecule has 1 N–H and O–H groups in total. The summed E-state index contributed by atoms with van der Waals surface area (Å²) < 4.78 is 35.0. The summed E-state index contributed by atoms with van der Waals surface area (Å²) in [6, 6.07) is 11.0. The number of aromatic nitrogens is 5. The molecule has 4 aromatic rings. The molecular formula is C22H24N6O3S. The second-order valence-electron chi connectivity index (χ2n) is 7.43. The first-order valence-electron chi connectivity index (χ1n) is 10.2. The van der Waals surface area contributed by atoms with Crippen LogP contribution in [0.3, 0.4) is 0 Å². The van der Waals surface area contributed by atoms with E-state index < -0.39 is 16.1 Å². The molecule has 1 aromatic carbocycles. The van der Waals surface area contributed by atoms with Crippen molar-refractivity contribution in [3.8, 4) is 17.1 Å².